The number of fused-ring (bicyclic) bond motifs is 2. The minimum absolute atomic E-state index is 0.132. The highest BCUT2D eigenvalue weighted by atomic mass is 32.1. The molecule has 3 aromatic rings. The van der Waals surface area contributed by atoms with Crippen molar-refractivity contribution in [3.8, 4) is 0 Å². The largest absolute Gasteiger partial charge is 0.321 e. The van der Waals surface area contributed by atoms with E-state index in [1.807, 2.05) is 11.3 Å². The Kier molecular flexibility index (Phi) is 5.31. The van der Waals surface area contributed by atoms with E-state index in [9.17, 15) is 4.79 Å². The minimum atomic E-state index is 0.132. The molecule has 1 amide bonds. The van der Waals surface area contributed by atoms with E-state index >= 15 is 0 Å². The summed E-state index contributed by atoms with van der Waals surface area (Å²) in [5, 5.41) is 4.33. The van der Waals surface area contributed by atoms with Crippen molar-refractivity contribution in [2.75, 3.05) is 38.0 Å². The molecule has 5 rings (SSSR count). The van der Waals surface area contributed by atoms with Crippen LogP contribution in [0.3, 0.4) is 0 Å². The predicted molar refractivity (Wildman–Crippen MR) is 117 cm³/mol. The second-order valence-electron chi connectivity index (χ2n) is 8.31. The normalized spacial score (nSPS) is 21.2. The van der Waals surface area contributed by atoms with Crippen LogP contribution < -0.4 is 15.1 Å². The summed E-state index contributed by atoms with van der Waals surface area (Å²) in [4.78, 5) is 20.2. The topological polar surface area (TPSA) is 50.9 Å². The van der Waals surface area contributed by atoms with Gasteiger partial charge in [0.15, 0.2) is 6.54 Å². The quantitative estimate of drug-likeness (QED) is 0.582. The molecule has 1 saturated heterocycles. The molecule has 0 bridgehead atoms. The summed E-state index contributed by atoms with van der Waals surface area (Å²) in [6.45, 7) is 5.82. The number of thiazole rings is 1. The lowest BCUT2D eigenvalue weighted by Gasteiger charge is -2.28. The standard InChI is InChI=1S/C23H26N4OS/c28-22(24-19-9-8-17-4-3-5-18(17)14-19)15-26-10-12-27(13-11-26)16-23-25-20-6-1-2-7-21(20)29-23/h1-2,6-9,14H,3-5,10-13,15-16H2,(H,24,28)/p+2. The van der Waals surface area contributed by atoms with Gasteiger partial charge in [-0.15, -0.1) is 11.3 Å². The van der Waals surface area contributed by atoms with E-state index in [1.165, 1.54) is 38.6 Å². The number of piperazine rings is 1. The van der Waals surface area contributed by atoms with Crippen LogP contribution in [0.15, 0.2) is 42.5 Å². The van der Waals surface area contributed by atoms with Crippen LogP contribution in [0, 0.1) is 0 Å². The lowest BCUT2D eigenvalue weighted by molar-refractivity contribution is -1.01. The van der Waals surface area contributed by atoms with Gasteiger partial charge >= 0.3 is 0 Å². The number of quaternary nitrogens is 2. The van der Waals surface area contributed by atoms with Gasteiger partial charge in [0.1, 0.15) is 37.7 Å². The van der Waals surface area contributed by atoms with Crippen molar-refractivity contribution < 1.29 is 14.6 Å². The maximum Gasteiger partial charge on any atom is 0.279 e. The van der Waals surface area contributed by atoms with Gasteiger partial charge in [0.05, 0.1) is 10.2 Å². The first kappa shape index (κ1) is 18.7. The first-order valence-corrected chi connectivity index (χ1v) is 11.5. The molecule has 1 aliphatic carbocycles. The zero-order chi connectivity index (χ0) is 19.6. The highest BCUT2D eigenvalue weighted by Gasteiger charge is 2.26. The van der Waals surface area contributed by atoms with E-state index in [0.29, 0.717) is 6.54 Å². The van der Waals surface area contributed by atoms with Crippen LogP contribution in [0.2, 0.25) is 0 Å². The Bertz CT molecular complexity index is 990. The number of rotatable bonds is 5. The SMILES string of the molecule is O=C(C[NH+]1CC[NH+](Cc2nc3ccccc3s2)CC1)Nc1ccc2c(c1)CCC2. The Morgan fingerprint density at radius 3 is 2.66 bits per heavy atom. The van der Waals surface area contributed by atoms with Crippen LogP contribution in [-0.4, -0.2) is 43.6 Å². The third-order valence-electron chi connectivity index (χ3n) is 6.20. The molecule has 0 saturated carbocycles. The second kappa shape index (κ2) is 8.22. The highest BCUT2D eigenvalue weighted by Crippen LogP contribution is 2.24. The Morgan fingerprint density at radius 1 is 1.00 bits per heavy atom. The van der Waals surface area contributed by atoms with Gasteiger partial charge < -0.3 is 15.1 Å². The Balaban J connectivity index is 1.10. The molecule has 5 nitrogen and oxygen atoms in total. The van der Waals surface area contributed by atoms with Crippen LogP contribution >= 0.6 is 11.3 Å². The minimum Gasteiger partial charge on any atom is -0.321 e. The number of anilines is 1. The van der Waals surface area contributed by atoms with E-state index < -0.39 is 0 Å². The third-order valence-corrected chi connectivity index (χ3v) is 7.23. The zero-order valence-electron chi connectivity index (χ0n) is 16.7. The Hall–Kier alpha value is -2.28. The molecule has 2 heterocycles. The van der Waals surface area contributed by atoms with E-state index in [2.05, 4.69) is 47.8 Å². The summed E-state index contributed by atoms with van der Waals surface area (Å²) in [5.74, 6) is 0.132. The van der Waals surface area contributed by atoms with Crippen molar-refractivity contribution in [3.63, 3.8) is 0 Å². The van der Waals surface area contributed by atoms with Crippen molar-refractivity contribution in [1.82, 2.24) is 4.98 Å². The van der Waals surface area contributed by atoms with E-state index in [-0.39, 0.29) is 5.91 Å². The summed E-state index contributed by atoms with van der Waals surface area (Å²) < 4.78 is 1.27. The van der Waals surface area contributed by atoms with Gasteiger partial charge in [0, 0.05) is 5.69 Å². The van der Waals surface area contributed by atoms with Crippen LogP contribution in [0.25, 0.3) is 10.2 Å². The van der Waals surface area contributed by atoms with Crippen molar-refractivity contribution in [2.45, 2.75) is 25.8 Å². The lowest BCUT2D eigenvalue weighted by Crippen LogP contribution is -3.28. The average molecular weight is 409 g/mol. The lowest BCUT2D eigenvalue weighted by atomic mass is 10.1. The number of aromatic nitrogens is 1. The molecular weight excluding hydrogens is 380 g/mol. The molecular formula is C23H28N4OS+2. The molecule has 1 aliphatic heterocycles. The number of nitrogens with zero attached hydrogens (tertiary/aromatic N) is 1. The average Bonchev–Trinajstić information content (AvgIpc) is 3.35. The van der Waals surface area contributed by atoms with Gasteiger partial charge in [0.25, 0.3) is 5.91 Å². The number of para-hydroxylation sites is 1. The molecule has 0 atom stereocenters. The number of hydrogen-bond acceptors (Lipinski definition) is 3. The summed E-state index contributed by atoms with van der Waals surface area (Å²) in [6, 6.07) is 14.8. The number of carbonyl (C=O) groups is 1. The number of amides is 1. The maximum atomic E-state index is 12.5. The van der Waals surface area contributed by atoms with E-state index in [4.69, 9.17) is 4.98 Å². The van der Waals surface area contributed by atoms with Crippen LogP contribution in [0.5, 0.6) is 0 Å². The zero-order valence-corrected chi connectivity index (χ0v) is 17.5. The maximum absolute atomic E-state index is 12.5. The first-order valence-electron chi connectivity index (χ1n) is 10.7. The first-order chi connectivity index (χ1) is 14.2. The molecule has 150 valence electrons. The Morgan fingerprint density at radius 2 is 1.79 bits per heavy atom. The number of hydrogen-bond donors (Lipinski definition) is 3. The van der Waals surface area contributed by atoms with Crippen LogP contribution in [0.4, 0.5) is 5.69 Å². The smallest absolute Gasteiger partial charge is 0.279 e. The summed E-state index contributed by atoms with van der Waals surface area (Å²) in [5.41, 5.74) is 4.91. The van der Waals surface area contributed by atoms with Gasteiger partial charge in [-0.25, -0.2) is 4.98 Å². The molecule has 0 unspecified atom stereocenters. The van der Waals surface area contributed by atoms with Gasteiger partial charge in [0.2, 0.25) is 0 Å². The molecule has 3 N–H and O–H groups in total. The van der Waals surface area contributed by atoms with Crippen molar-refractivity contribution in [1.29, 1.82) is 0 Å². The van der Waals surface area contributed by atoms with Gasteiger partial charge in [-0.05, 0) is 54.7 Å². The summed E-state index contributed by atoms with van der Waals surface area (Å²) in [7, 11) is 0. The molecule has 2 aromatic carbocycles. The van der Waals surface area contributed by atoms with Gasteiger partial charge in [-0.1, -0.05) is 18.2 Å². The second-order valence-corrected chi connectivity index (χ2v) is 9.43. The fourth-order valence-electron chi connectivity index (χ4n) is 4.60. The van der Waals surface area contributed by atoms with Crippen LogP contribution in [-0.2, 0) is 24.2 Å². The van der Waals surface area contributed by atoms with E-state index in [1.54, 1.807) is 4.90 Å². The molecule has 1 aromatic heterocycles. The summed E-state index contributed by atoms with van der Waals surface area (Å²) >= 11 is 1.81. The molecule has 1 fully saturated rings. The Labute approximate surface area is 175 Å². The predicted octanol–water partition coefficient (Wildman–Crippen LogP) is 0.707. The fourth-order valence-corrected chi connectivity index (χ4v) is 5.64. The van der Waals surface area contributed by atoms with Gasteiger partial charge in [-0.3, -0.25) is 4.79 Å². The van der Waals surface area contributed by atoms with Gasteiger partial charge in [-0.2, -0.15) is 0 Å². The van der Waals surface area contributed by atoms with E-state index in [0.717, 1.165) is 50.3 Å². The van der Waals surface area contributed by atoms with Crippen LogP contribution in [0.1, 0.15) is 22.6 Å². The molecule has 0 radical (unpaired) electrons. The molecule has 0 spiro atoms. The fraction of sp³-hybridized carbons (Fsp3) is 0.391. The number of carbonyl (C=O) groups excluding carboxylic acids is 1. The number of benzene rings is 2. The molecule has 29 heavy (non-hydrogen) atoms. The highest BCUT2D eigenvalue weighted by molar-refractivity contribution is 7.18. The molecule has 6 heteroatoms. The molecule has 2 aliphatic rings. The number of aryl methyl sites for hydroxylation is 2. The monoisotopic (exact) mass is 408 g/mol. The van der Waals surface area contributed by atoms with Crippen molar-refractivity contribution >= 4 is 33.1 Å². The van der Waals surface area contributed by atoms with Crippen molar-refractivity contribution in [3.05, 3.63) is 58.6 Å². The van der Waals surface area contributed by atoms with Crippen molar-refractivity contribution in [2.24, 2.45) is 0 Å². The summed E-state index contributed by atoms with van der Waals surface area (Å²) in [6.07, 6.45) is 3.56. The number of nitrogens with one attached hydrogen (secondary N) is 3. The third kappa shape index (κ3) is 4.34.